The molecule has 0 amide bonds. The quantitative estimate of drug-likeness (QED) is 0.500. The van der Waals surface area contributed by atoms with Crippen LogP contribution in [0.5, 0.6) is 0 Å². The summed E-state index contributed by atoms with van der Waals surface area (Å²) in [4.78, 5) is 8.35. The van der Waals surface area contributed by atoms with E-state index in [9.17, 15) is 26.3 Å². The van der Waals surface area contributed by atoms with E-state index in [1.165, 1.54) is 6.07 Å². The molecule has 0 spiro atoms. The predicted molar refractivity (Wildman–Crippen MR) is 97.3 cm³/mol. The molecule has 164 valence electrons. The highest BCUT2D eigenvalue weighted by Crippen LogP contribution is 2.41. The van der Waals surface area contributed by atoms with Crippen LogP contribution in [0.15, 0.2) is 35.9 Å². The zero-order chi connectivity index (χ0) is 22.3. The Hall–Kier alpha value is -2.79. The summed E-state index contributed by atoms with van der Waals surface area (Å²) in [6, 6.07) is 1.34. The predicted octanol–water partition coefficient (Wildman–Crippen LogP) is 3.59. The van der Waals surface area contributed by atoms with Crippen molar-refractivity contribution in [1.29, 1.82) is 5.41 Å². The Balaban J connectivity index is 1.74. The van der Waals surface area contributed by atoms with Gasteiger partial charge in [0.25, 0.3) is 0 Å². The van der Waals surface area contributed by atoms with Gasteiger partial charge in [0.05, 0.1) is 5.92 Å². The van der Waals surface area contributed by atoms with Crippen LogP contribution in [0.2, 0.25) is 0 Å². The molecule has 2 aliphatic rings. The van der Waals surface area contributed by atoms with E-state index in [1.807, 2.05) is 0 Å². The molecule has 0 aliphatic carbocycles. The van der Waals surface area contributed by atoms with Gasteiger partial charge in [-0.3, -0.25) is 0 Å². The van der Waals surface area contributed by atoms with E-state index in [0.717, 1.165) is 6.20 Å². The standard InChI is InChI=1S/C18H20F6N6/c1-9-8-11(17(19,20)21)13(15(26)28-9)14(25)10-3-6-30(7-4-10)12-2-5-27-16(29-12)18(22,23)24/h2,5,10-11,25,28H,1,3-4,6-8,26H2. The van der Waals surface area contributed by atoms with Crippen molar-refractivity contribution in [3.05, 3.63) is 41.8 Å². The largest absolute Gasteiger partial charge is 0.451 e. The van der Waals surface area contributed by atoms with E-state index in [1.54, 1.807) is 4.90 Å². The molecule has 3 rings (SSSR count). The van der Waals surface area contributed by atoms with Gasteiger partial charge in [-0.1, -0.05) is 6.58 Å². The Bertz CT molecular complexity index is 867. The molecule has 0 aromatic carbocycles. The summed E-state index contributed by atoms with van der Waals surface area (Å²) in [5.74, 6) is -3.81. The van der Waals surface area contributed by atoms with Crippen LogP contribution in [0, 0.1) is 17.2 Å². The highest BCUT2D eigenvalue weighted by molar-refractivity contribution is 6.01. The lowest BCUT2D eigenvalue weighted by atomic mass is 9.80. The molecule has 1 unspecified atom stereocenters. The van der Waals surface area contributed by atoms with Crippen LogP contribution in [0.1, 0.15) is 25.1 Å². The zero-order valence-electron chi connectivity index (χ0n) is 15.7. The van der Waals surface area contributed by atoms with E-state index in [0.29, 0.717) is 0 Å². The Morgan fingerprint density at radius 1 is 1.20 bits per heavy atom. The molecule has 1 aromatic rings. The van der Waals surface area contributed by atoms with Gasteiger partial charge in [0.1, 0.15) is 11.6 Å². The lowest BCUT2D eigenvalue weighted by Gasteiger charge is -2.37. The van der Waals surface area contributed by atoms with E-state index in [2.05, 4.69) is 21.9 Å². The molecular formula is C18H20F6N6. The Morgan fingerprint density at radius 3 is 2.40 bits per heavy atom. The van der Waals surface area contributed by atoms with Crippen molar-refractivity contribution < 1.29 is 26.3 Å². The second kappa shape index (κ2) is 7.80. The number of nitrogens with zero attached hydrogens (tertiary/aromatic N) is 3. The van der Waals surface area contributed by atoms with Crippen molar-refractivity contribution in [2.75, 3.05) is 18.0 Å². The fraction of sp³-hybridized carbons (Fsp3) is 0.500. The Labute approximate surface area is 168 Å². The van der Waals surface area contributed by atoms with Gasteiger partial charge in [-0.15, -0.1) is 0 Å². The summed E-state index contributed by atoms with van der Waals surface area (Å²) < 4.78 is 79.0. The lowest BCUT2D eigenvalue weighted by Crippen LogP contribution is -2.43. The van der Waals surface area contributed by atoms with E-state index >= 15 is 0 Å². The van der Waals surface area contributed by atoms with Gasteiger partial charge in [-0.2, -0.15) is 26.3 Å². The van der Waals surface area contributed by atoms with Gasteiger partial charge in [-0.25, -0.2) is 9.97 Å². The van der Waals surface area contributed by atoms with Crippen LogP contribution in [-0.2, 0) is 6.18 Å². The first kappa shape index (κ1) is 21.9. The summed E-state index contributed by atoms with van der Waals surface area (Å²) >= 11 is 0. The number of anilines is 1. The second-order valence-electron chi connectivity index (χ2n) is 7.27. The molecule has 1 aromatic heterocycles. The third kappa shape index (κ3) is 4.51. The van der Waals surface area contributed by atoms with Crippen LogP contribution in [0.4, 0.5) is 32.2 Å². The highest BCUT2D eigenvalue weighted by Gasteiger charge is 2.47. The van der Waals surface area contributed by atoms with Crippen LogP contribution >= 0.6 is 0 Å². The summed E-state index contributed by atoms with van der Waals surface area (Å²) in [6.45, 7) is 3.99. The number of nitrogens with one attached hydrogen (secondary N) is 2. The van der Waals surface area contributed by atoms with E-state index < -0.39 is 36.4 Å². The molecule has 30 heavy (non-hydrogen) atoms. The minimum Gasteiger partial charge on any atom is -0.385 e. The summed E-state index contributed by atoms with van der Waals surface area (Å²) in [6.07, 6.45) is -8.07. The SMILES string of the molecule is C=C1CC(C(F)(F)F)C(C(=N)C2CCN(c3ccnc(C(F)(F)F)n3)CC2)=C(N)N1. The maximum Gasteiger partial charge on any atom is 0.451 e. The first-order valence-electron chi connectivity index (χ1n) is 9.13. The first-order chi connectivity index (χ1) is 13.9. The molecule has 1 saturated heterocycles. The van der Waals surface area contributed by atoms with Gasteiger partial charge >= 0.3 is 12.4 Å². The number of allylic oxidation sites excluding steroid dienone is 2. The molecule has 1 fully saturated rings. The third-order valence-corrected chi connectivity index (χ3v) is 5.21. The maximum absolute atomic E-state index is 13.5. The molecule has 3 heterocycles. The van der Waals surface area contributed by atoms with Crippen LogP contribution < -0.4 is 16.0 Å². The summed E-state index contributed by atoms with van der Waals surface area (Å²) in [5.41, 5.74) is 5.42. The number of hydrogen-bond acceptors (Lipinski definition) is 6. The third-order valence-electron chi connectivity index (χ3n) is 5.21. The average molecular weight is 434 g/mol. The Kier molecular flexibility index (Phi) is 5.70. The molecule has 2 aliphatic heterocycles. The fourth-order valence-corrected chi connectivity index (χ4v) is 3.74. The van der Waals surface area contributed by atoms with Gasteiger partial charge < -0.3 is 21.4 Å². The van der Waals surface area contributed by atoms with E-state index in [4.69, 9.17) is 11.1 Å². The minimum atomic E-state index is -4.68. The minimum absolute atomic E-state index is 0.0878. The molecule has 0 bridgehead atoms. The van der Waals surface area contributed by atoms with Crippen molar-refractivity contribution in [2.45, 2.75) is 31.6 Å². The molecule has 0 radical (unpaired) electrons. The van der Waals surface area contributed by atoms with Gasteiger partial charge in [0.2, 0.25) is 5.82 Å². The number of hydrogen-bond donors (Lipinski definition) is 3. The van der Waals surface area contributed by atoms with Crippen LogP contribution in [0.3, 0.4) is 0 Å². The Morgan fingerprint density at radius 2 is 1.83 bits per heavy atom. The number of piperidine rings is 1. The molecule has 12 heteroatoms. The smallest absolute Gasteiger partial charge is 0.385 e. The molecule has 1 atom stereocenters. The molecule has 4 N–H and O–H groups in total. The average Bonchev–Trinajstić information content (AvgIpc) is 2.66. The van der Waals surface area contributed by atoms with Crippen molar-refractivity contribution in [3.63, 3.8) is 0 Å². The number of rotatable bonds is 3. The number of alkyl halides is 6. The first-order valence-corrected chi connectivity index (χ1v) is 9.13. The topological polar surface area (TPSA) is 90.9 Å². The number of halogens is 6. The van der Waals surface area contributed by atoms with Gasteiger partial charge in [0.15, 0.2) is 0 Å². The van der Waals surface area contributed by atoms with Crippen molar-refractivity contribution in [1.82, 2.24) is 15.3 Å². The fourth-order valence-electron chi connectivity index (χ4n) is 3.74. The van der Waals surface area contributed by atoms with Crippen LogP contribution in [-0.4, -0.2) is 34.9 Å². The monoisotopic (exact) mass is 434 g/mol. The molecular weight excluding hydrogens is 414 g/mol. The van der Waals surface area contributed by atoms with Crippen molar-refractivity contribution in [2.24, 2.45) is 17.6 Å². The zero-order valence-corrected chi connectivity index (χ0v) is 15.7. The normalized spacial score (nSPS) is 21.6. The number of aromatic nitrogens is 2. The number of nitrogens with two attached hydrogens (primary N) is 1. The van der Waals surface area contributed by atoms with Gasteiger partial charge in [0, 0.05) is 48.6 Å². The maximum atomic E-state index is 13.5. The van der Waals surface area contributed by atoms with Crippen molar-refractivity contribution >= 4 is 11.5 Å². The molecule has 0 saturated carbocycles. The lowest BCUT2D eigenvalue weighted by molar-refractivity contribution is -0.163. The van der Waals surface area contributed by atoms with E-state index in [-0.39, 0.29) is 54.6 Å². The second-order valence-corrected chi connectivity index (χ2v) is 7.27. The molecule has 6 nitrogen and oxygen atoms in total. The summed E-state index contributed by atoms with van der Waals surface area (Å²) in [5, 5.41) is 11.0. The van der Waals surface area contributed by atoms with Crippen LogP contribution in [0.25, 0.3) is 0 Å². The van der Waals surface area contributed by atoms with Gasteiger partial charge in [-0.05, 0) is 18.9 Å². The summed E-state index contributed by atoms with van der Waals surface area (Å²) in [7, 11) is 0. The van der Waals surface area contributed by atoms with Crippen molar-refractivity contribution in [3.8, 4) is 0 Å². The highest BCUT2D eigenvalue weighted by atomic mass is 19.4.